The Morgan fingerprint density at radius 1 is 1.53 bits per heavy atom. The summed E-state index contributed by atoms with van der Waals surface area (Å²) >= 11 is 0. The molecule has 0 bridgehead atoms. The van der Waals surface area contributed by atoms with Gasteiger partial charge in [0.05, 0.1) is 18.6 Å². The summed E-state index contributed by atoms with van der Waals surface area (Å²) in [4.78, 5) is 13.3. The number of ether oxygens (including phenoxy) is 2. The lowest BCUT2D eigenvalue weighted by Crippen LogP contribution is -2.38. The molecule has 0 amide bonds. The van der Waals surface area contributed by atoms with Crippen molar-refractivity contribution in [1.29, 1.82) is 0 Å². The van der Waals surface area contributed by atoms with Crippen molar-refractivity contribution in [2.75, 3.05) is 46.6 Å². The van der Waals surface area contributed by atoms with E-state index in [2.05, 4.69) is 4.90 Å². The number of rotatable bonds is 8. The highest BCUT2D eigenvalue weighted by Crippen LogP contribution is 2.29. The molecular formula is C13H23NO3. The molecule has 4 nitrogen and oxygen atoms in total. The van der Waals surface area contributed by atoms with E-state index in [4.69, 9.17) is 9.47 Å². The predicted molar refractivity (Wildman–Crippen MR) is 65.0 cm³/mol. The average molecular weight is 241 g/mol. The van der Waals surface area contributed by atoms with E-state index in [1.165, 1.54) is 12.8 Å². The van der Waals surface area contributed by atoms with Gasteiger partial charge in [0.25, 0.3) is 0 Å². The lowest BCUT2D eigenvalue weighted by atomic mass is 9.89. The van der Waals surface area contributed by atoms with Crippen molar-refractivity contribution in [2.24, 2.45) is 11.3 Å². The Labute approximate surface area is 103 Å². The molecule has 1 atom stereocenters. The molecule has 0 aromatic carbocycles. The molecule has 2 aliphatic rings. The lowest BCUT2D eigenvalue weighted by Gasteiger charge is -2.27. The van der Waals surface area contributed by atoms with Crippen LogP contribution in [0.15, 0.2) is 0 Å². The average Bonchev–Trinajstić information content (AvgIpc) is 3.04. The van der Waals surface area contributed by atoms with E-state index < -0.39 is 0 Å². The quantitative estimate of drug-likeness (QED) is 0.468. The first-order chi connectivity index (χ1) is 8.24. The lowest BCUT2D eigenvalue weighted by molar-refractivity contribution is -0.117. The third kappa shape index (κ3) is 4.05. The normalized spacial score (nSPS) is 28.8. The summed E-state index contributed by atoms with van der Waals surface area (Å²) in [6, 6.07) is 0. The molecule has 1 aliphatic carbocycles. The summed E-state index contributed by atoms with van der Waals surface area (Å²) in [5, 5.41) is 0. The van der Waals surface area contributed by atoms with Gasteiger partial charge in [0, 0.05) is 26.3 Å². The van der Waals surface area contributed by atoms with E-state index in [0.717, 1.165) is 44.9 Å². The fourth-order valence-corrected chi connectivity index (χ4v) is 2.25. The first-order valence-corrected chi connectivity index (χ1v) is 6.54. The smallest absolute Gasteiger partial charge is 0.129 e. The Balaban J connectivity index is 1.61. The van der Waals surface area contributed by atoms with Crippen LogP contribution in [0.25, 0.3) is 0 Å². The second-order valence-electron chi connectivity index (χ2n) is 5.54. The maximum atomic E-state index is 11.2. The summed E-state index contributed by atoms with van der Waals surface area (Å²) < 4.78 is 10.9. The molecule has 0 N–H and O–H groups in total. The number of aldehydes is 1. The van der Waals surface area contributed by atoms with Gasteiger partial charge in [0.2, 0.25) is 0 Å². The van der Waals surface area contributed by atoms with Gasteiger partial charge in [0.15, 0.2) is 0 Å². The molecule has 1 heterocycles. The number of likely N-dealkylation sites (N-methyl/N-ethyl adjacent to an activating group) is 1. The van der Waals surface area contributed by atoms with Gasteiger partial charge in [-0.3, -0.25) is 0 Å². The Morgan fingerprint density at radius 3 is 2.94 bits per heavy atom. The molecule has 98 valence electrons. The number of hydrogen-bond donors (Lipinski definition) is 0. The summed E-state index contributed by atoms with van der Waals surface area (Å²) in [6.45, 7) is 4.64. The highest BCUT2D eigenvalue weighted by atomic mass is 16.5. The van der Waals surface area contributed by atoms with Crippen molar-refractivity contribution < 1.29 is 14.3 Å². The Hall–Kier alpha value is -0.450. The minimum Gasteiger partial charge on any atom is -0.380 e. The van der Waals surface area contributed by atoms with Crippen molar-refractivity contribution in [3.05, 3.63) is 0 Å². The van der Waals surface area contributed by atoms with Gasteiger partial charge in [-0.25, -0.2) is 0 Å². The maximum absolute atomic E-state index is 11.2. The van der Waals surface area contributed by atoms with Crippen LogP contribution in [-0.4, -0.2) is 57.8 Å². The molecular weight excluding hydrogens is 218 g/mol. The van der Waals surface area contributed by atoms with E-state index in [0.29, 0.717) is 13.2 Å². The van der Waals surface area contributed by atoms with Gasteiger partial charge in [-0.1, -0.05) is 0 Å². The Kier molecular flexibility index (Phi) is 4.54. The summed E-state index contributed by atoms with van der Waals surface area (Å²) in [5.41, 5.74) is -0.273. The van der Waals surface area contributed by atoms with Gasteiger partial charge in [-0.2, -0.15) is 0 Å². The summed E-state index contributed by atoms with van der Waals surface area (Å²) in [7, 11) is 2.05. The molecule has 1 unspecified atom stereocenters. The molecule has 0 aromatic heterocycles. The van der Waals surface area contributed by atoms with Crippen LogP contribution in [0.3, 0.4) is 0 Å². The topological polar surface area (TPSA) is 38.8 Å². The molecule has 1 aliphatic heterocycles. The first kappa shape index (κ1) is 13.0. The van der Waals surface area contributed by atoms with Gasteiger partial charge >= 0.3 is 0 Å². The minimum absolute atomic E-state index is 0.273. The fraction of sp³-hybridized carbons (Fsp3) is 0.923. The van der Waals surface area contributed by atoms with E-state index >= 15 is 0 Å². The van der Waals surface area contributed by atoms with Gasteiger partial charge in [-0.05, 0) is 32.2 Å². The molecule has 0 radical (unpaired) electrons. The molecule has 17 heavy (non-hydrogen) atoms. The van der Waals surface area contributed by atoms with E-state index in [1.807, 2.05) is 7.05 Å². The van der Waals surface area contributed by atoms with Crippen LogP contribution in [0, 0.1) is 11.3 Å². The van der Waals surface area contributed by atoms with Crippen LogP contribution in [0.1, 0.15) is 19.3 Å². The van der Waals surface area contributed by atoms with Crippen LogP contribution in [0.4, 0.5) is 0 Å². The second-order valence-corrected chi connectivity index (χ2v) is 5.54. The first-order valence-electron chi connectivity index (χ1n) is 6.54. The molecule has 4 heteroatoms. The highest BCUT2D eigenvalue weighted by molar-refractivity contribution is 5.60. The summed E-state index contributed by atoms with van der Waals surface area (Å²) in [6.07, 6.45) is 4.59. The SMILES string of the molecule is CN(CCOCC1CC1)CC1(C=O)CCOC1. The molecule has 1 saturated carbocycles. The zero-order valence-corrected chi connectivity index (χ0v) is 10.7. The Morgan fingerprint density at radius 2 is 2.35 bits per heavy atom. The Bertz CT molecular complexity index is 247. The second kappa shape index (κ2) is 5.94. The van der Waals surface area contributed by atoms with Gasteiger partial charge in [-0.15, -0.1) is 0 Å². The minimum atomic E-state index is -0.273. The van der Waals surface area contributed by atoms with E-state index in [-0.39, 0.29) is 5.41 Å². The third-order valence-corrected chi connectivity index (χ3v) is 3.64. The van der Waals surface area contributed by atoms with Gasteiger partial charge < -0.3 is 19.2 Å². The standard InChI is InChI=1S/C13H23NO3/c1-14(5-7-16-8-12-2-3-12)9-13(10-15)4-6-17-11-13/h10,12H,2-9,11H2,1H3. The molecule has 2 rings (SSSR count). The van der Waals surface area contributed by atoms with E-state index in [9.17, 15) is 4.79 Å². The number of hydrogen-bond acceptors (Lipinski definition) is 4. The van der Waals surface area contributed by atoms with Crippen molar-refractivity contribution in [2.45, 2.75) is 19.3 Å². The van der Waals surface area contributed by atoms with Crippen LogP contribution in [0.5, 0.6) is 0 Å². The van der Waals surface area contributed by atoms with E-state index in [1.54, 1.807) is 0 Å². The van der Waals surface area contributed by atoms with Crippen LogP contribution >= 0.6 is 0 Å². The largest absolute Gasteiger partial charge is 0.380 e. The number of carbonyl (C=O) groups is 1. The monoisotopic (exact) mass is 241 g/mol. The van der Waals surface area contributed by atoms with Crippen LogP contribution in [-0.2, 0) is 14.3 Å². The zero-order chi connectivity index (χ0) is 12.1. The number of carbonyl (C=O) groups excluding carboxylic acids is 1. The zero-order valence-electron chi connectivity index (χ0n) is 10.7. The van der Waals surface area contributed by atoms with Gasteiger partial charge in [0.1, 0.15) is 6.29 Å². The molecule has 1 saturated heterocycles. The van der Waals surface area contributed by atoms with Crippen LogP contribution < -0.4 is 0 Å². The van der Waals surface area contributed by atoms with Crippen molar-refractivity contribution in [3.63, 3.8) is 0 Å². The predicted octanol–water partition coefficient (Wildman–Crippen LogP) is 0.950. The molecule has 0 aromatic rings. The van der Waals surface area contributed by atoms with Crippen LogP contribution in [0.2, 0.25) is 0 Å². The maximum Gasteiger partial charge on any atom is 0.129 e. The molecule has 0 spiro atoms. The highest BCUT2D eigenvalue weighted by Gasteiger charge is 2.35. The fourth-order valence-electron chi connectivity index (χ4n) is 2.25. The van der Waals surface area contributed by atoms with Crippen molar-refractivity contribution in [3.8, 4) is 0 Å². The van der Waals surface area contributed by atoms with Crippen molar-refractivity contribution >= 4 is 6.29 Å². The van der Waals surface area contributed by atoms with Crippen molar-refractivity contribution in [1.82, 2.24) is 4.90 Å². The number of nitrogens with zero attached hydrogens (tertiary/aromatic N) is 1. The third-order valence-electron chi connectivity index (χ3n) is 3.64. The molecule has 2 fully saturated rings. The summed E-state index contributed by atoms with van der Waals surface area (Å²) in [5.74, 6) is 0.824.